The van der Waals surface area contributed by atoms with E-state index in [0.717, 1.165) is 19.3 Å². The second kappa shape index (κ2) is 8.94. The van der Waals surface area contributed by atoms with Crippen LogP contribution in [-0.4, -0.2) is 38.3 Å². The van der Waals surface area contributed by atoms with Gasteiger partial charge < -0.3 is 10.6 Å². The van der Waals surface area contributed by atoms with Crippen LogP contribution in [0.2, 0.25) is 5.02 Å². The van der Waals surface area contributed by atoms with E-state index < -0.39 is 10.0 Å². The number of anilines is 2. The van der Waals surface area contributed by atoms with Gasteiger partial charge in [0.1, 0.15) is 0 Å². The quantitative estimate of drug-likeness (QED) is 0.742. The van der Waals surface area contributed by atoms with Crippen LogP contribution in [0.4, 0.5) is 11.4 Å². The van der Waals surface area contributed by atoms with E-state index in [-0.39, 0.29) is 17.3 Å². The number of sulfonamides is 1. The van der Waals surface area contributed by atoms with Crippen molar-refractivity contribution in [3.05, 3.63) is 53.1 Å². The second-order valence-electron chi connectivity index (χ2n) is 6.83. The molecule has 6 nitrogen and oxygen atoms in total. The summed E-state index contributed by atoms with van der Waals surface area (Å²) in [6.45, 7) is 2.87. The number of hydrogen-bond acceptors (Lipinski definition) is 4. The number of carbonyl (C=O) groups excluding carboxylic acids is 1. The molecule has 2 aromatic rings. The summed E-state index contributed by atoms with van der Waals surface area (Å²) >= 11 is 6.06. The van der Waals surface area contributed by atoms with Gasteiger partial charge in [-0.15, -0.1) is 0 Å². The molecule has 0 bridgehead atoms. The molecule has 0 unspecified atom stereocenters. The predicted molar refractivity (Wildman–Crippen MR) is 112 cm³/mol. The first-order chi connectivity index (χ1) is 13.4. The van der Waals surface area contributed by atoms with Crippen molar-refractivity contribution in [1.82, 2.24) is 4.31 Å². The van der Waals surface area contributed by atoms with Gasteiger partial charge in [0.2, 0.25) is 15.9 Å². The molecule has 1 aliphatic heterocycles. The average Bonchev–Trinajstić information content (AvgIpc) is 2.69. The molecule has 0 radical (unpaired) electrons. The van der Waals surface area contributed by atoms with Crippen molar-refractivity contribution in [2.75, 3.05) is 30.3 Å². The van der Waals surface area contributed by atoms with Crippen LogP contribution in [0.15, 0.2) is 47.4 Å². The number of hydrogen-bond donors (Lipinski definition) is 2. The molecule has 1 aliphatic rings. The van der Waals surface area contributed by atoms with Gasteiger partial charge in [0.25, 0.3) is 0 Å². The van der Waals surface area contributed by atoms with Crippen molar-refractivity contribution in [2.24, 2.45) is 0 Å². The molecule has 8 heteroatoms. The van der Waals surface area contributed by atoms with Crippen LogP contribution >= 0.6 is 11.6 Å². The highest BCUT2D eigenvalue weighted by Gasteiger charge is 2.27. The van der Waals surface area contributed by atoms with Crippen molar-refractivity contribution in [3.8, 4) is 0 Å². The molecule has 28 heavy (non-hydrogen) atoms. The van der Waals surface area contributed by atoms with Gasteiger partial charge in [-0.2, -0.15) is 4.31 Å². The lowest BCUT2D eigenvalue weighted by molar-refractivity contribution is -0.114. The molecular weight excluding hydrogens is 398 g/mol. The number of halogens is 1. The summed E-state index contributed by atoms with van der Waals surface area (Å²) < 4.78 is 27.5. The summed E-state index contributed by atoms with van der Waals surface area (Å²) in [5.74, 6) is -0.287. The highest BCUT2D eigenvalue weighted by atomic mass is 35.5. The number of piperidine rings is 1. The zero-order valence-corrected chi connectivity index (χ0v) is 17.3. The molecule has 0 spiro atoms. The van der Waals surface area contributed by atoms with E-state index in [9.17, 15) is 13.2 Å². The molecule has 150 valence electrons. The Kier molecular flexibility index (Phi) is 6.59. The lowest BCUT2D eigenvalue weighted by Gasteiger charge is -2.26. The van der Waals surface area contributed by atoms with Gasteiger partial charge in [-0.1, -0.05) is 36.2 Å². The molecule has 1 heterocycles. The van der Waals surface area contributed by atoms with Crippen molar-refractivity contribution in [3.63, 3.8) is 0 Å². The van der Waals surface area contributed by atoms with Crippen molar-refractivity contribution in [1.29, 1.82) is 0 Å². The number of para-hydroxylation sites is 1. The van der Waals surface area contributed by atoms with Crippen LogP contribution in [0, 0.1) is 6.92 Å². The average molecular weight is 422 g/mol. The minimum atomic E-state index is -3.56. The van der Waals surface area contributed by atoms with Crippen LogP contribution in [0.25, 0.3) is 0 Å². The Morgan fingerprint density at radius 3 is 2.54 bits per heavy atom. The second-order valence-corrected chi connectivity index (χ2v) is 9.14. The Hall–Kier alpha value is -2.09. The van der Waals surface area contributed by atoms with Crippen LogP contribution in [0.3, 0.4) is 0 Å². The molecule has 0 saturated carbocycles. The summed E-state index contributed by atoms with van der Waals surface area (Å²) in [4.78, 5) is 12.5. The topological polar surface area (TPSA) is 78.5 Å². The molecule has 1 fully saturated rings. The molecule has 0 atom stereocenters. The third-order valence-electron chi connectivity index (χ3n) is 4.72. The minimum absolute atomic E-state index is 0.0197. The first-order valence-corrected chi connectivity index (χ1v) is 11.1. The summed E-state index contributed by atoms with van der Waals surface area (Å²) in [6.07, 6.45) is 2.81. The Labute approximate surface area is 170 Å². The molecule has 1 amide bonds. The number of aryl methyl sites for hydroxylation is 1. The Bertz CT molecular complexity index is 957. The highest BCUT2D eigenvalue weighted by Crippen LogP contribution is 2.26. The lowest BCUT2D eigenvalue weighted by atomic mass is 10.2. The van der Waals surface area contributed by atoms with E-state index in [4.69, 9.17) is 11.6 Å². The Morgan fingerprint density at radius 1 is 1.11 bits per heavy atom. The van der Waals surface area contributed by atoms with E-state index in [1.165, 1.54) is 10.4 Å². The van der Waals surface area contributed by atoms with E-state index in [1.807, 2.05) is 12.1 Å². The zero-order chi connectivity index (χ0) is 20.1. The van der Waals surface area contributed by atoms with Gasteiger partial charge in [-0.05, 0) is 49.6 Å². The predicted octanol–water partition coefficient (Wildman–Crippen LogP) is 3.87. The van der Waals surface area contributed by atoms with E-state index in [1.54, 1.807) is 31.2 Å². The largest absolute Gasteiger partial charge is 0.375 e. The van der Waals surface area contributed by atoms with Gasteiger partial charge in [-0.3, -0.25) is 4.79 Å². The number of rotatable bonds is 6. The van der Waals surface area contributed by atoms with Gasteiger partial charge >= 0.3 is 0 Å². The Morgan fingerprint density at radius 2 is 1.82 bits per heavy atom. The summed E-state index contributed by atoms with van der Waals surface area (Å²) in [5.41, 5.74) is 1.78. The fraction of sp³-hybridized carbons (Fsp3) is 0.350. The molecule has 2 aromatic carbocycles. The minimum Gasteiger partial charge on any atom is -0.375 e. The number of carbonyl (C=O) groups is 1. The van der Waals surface area contributed by atoms with Gasteiger partial charge in [0.05, 0.1) is 22.2 Å². The van der Waals surface area contributed by atoms with E-state index in [2.05, 4.69) is 10.6 Å². The number of nitrogens with zero attached hydrogens (tertiary/aromatic N) is 1. The van der Waals surface area contributed by atoms with Gasteiger partial charge in [0.15, 0.2) is 0 Å². The maximum absolute atomic E-state index is 13.0. The lowest BCUT2D eigenvalue weighted by Crippen LogP contribution is -2.36. The van der Waals surface area contributed by atoms with Crippen LogP contribution in [0.1, 0.15) is 24.8 Å². The summed E-state index contributed by atoms with van der Waals surface area (Å²) in [7, 11) is -3.56. The van der Waals surface area contributed by atoms with Crippen LogP contribution < -0.4 is 10.6 Å². The molecule has 0 aromatic heterocycles. The molecule has 1 saturated heterocycles. The summed E-state index contributed by atoms with van der Waals surface area (Å²) in [6, 6.07) is 12.1. The molecule has 0 aliphatic carbocycles. The van der Waals surface area contributed by atoms with Crippen molar-refractivity contribution in [2.45, 2.75) is 31.1 Å². The van der Waals surface area contributed by atoms with Crippen LogP contribution in [0.5, 0.6) is 0 Å². The maximum Gasteiger partial charge on any atom is 0.243 e. The fourth-order valence-corrected chi connectivity index (χ4v) is 5.16. The summed E-state index contributed by atoms with van der Waals surface area (Å²) in [5, 5.41) is 6.25. The highest BCUT2D eigenvalue weighted by molar-refractivity contribution is 7.89. The fourth-order valence-electron chi connectivity index (χ4n) is 3.19. The molecule has 2 N–H and O–H groups in total. The standard InChI is InChI=1S/C20H24ClN3O3S/c1-15-9-10-16(13-19(15)28(26,27)24-11-5-2-6-12-24)23-20(25)14-22-18-8-4-3-7-17(18)21/h3-4,7-10,13,22H,2,5-6,11-12,14H2,1H3,(H,23,25). The van der Waals surface area contributed by atoms with Crippen LogP contribution in [-0.2, 0) is 14.8 Å². The smallest absolute Gasteiger partial charge is 0.243 e. The third kappa shape index (κ3) is 4.84. The molecule has 3 rings (SSSR count). The normalized spacial score (nSPS) is 15.2. The molecular formula is C20H24ClN3O3S. The van der Waals surface area contributed by atoms with Gasteiger partial charge in [-0.25, -0.2) is 8.42 Å². The Balaban J connectivity index is 1.70. The van der Waals surface area contributed by atoms with E-state index in [0.29, 0.717) is 35.1 Å². The van der Waals surface area contributed by atoms with E-state index >= 15 is 0 Å². The first-order valence-electron chi connectivity index (χ1n) is 9.27. The number of nitrogens with one attached hydrogen (secondary N) is 2. The number of benzene rings is 2. The first kappa shape index (κ1) is 20.6. The number of amides is 1. The van der Waals surface area contributed by atoms with Crippen molar-refractivity contribution < 1.29 is 13.2 Å². The maximum atomic E-state index is 13.0. The SMILES string of the molecule is Cc1ccc(NC(=O)CNc2ccccc2Cl)cc1S(=O)(=O)N1CCCCC1. The zero-order valence-electron chi connectivity index (χ0n) is 15.7. The van der Waals surface area contributed by atoms with Crippen molar-refractivity contribution >= 4 is 38.9 Å². The third-order valence-corrected chi connectivity index (χ3v) is 7.09. The van der Waals surface area contributed by atoms with Gasteiger partial charge in [0, 0.05) is 18.8 Å². The monoisotopic (exact) mass is 421 g/mol.